The third kappa shape index (κ3) is 3.17. The van der Waals surface area contributed by atoms with E-state index in [1.54, 1.807) is 12.3 Å². The van der Waals surface area contributed by atoms with E-state index in [1.165, 1.54) is 16.0 Å². The lowest BCUT2D eigenvalue weighted by Gasteiger charge is -2.25. The Balaban J connectivity index is 1.79. The van der Waals surface area contributed by atoms with Crippen molar-refractivity contribution in [2.45, 2.75) is 13.0 Å². The lowest BCUT2D eigenvalue weighted by molar-refractivity contribution is 0.392. The molecule has 0 radical (unpaired) electrons. The molecule has 0 atom stereocenters. The van der Waals surface area contributed by atoms with E-state index in [0.29, 0.717) is 19.5 Å². The van der Waals surface area contributed by atoms with E-state index in [4.69, 9.17) is 0 Å². The lowest BCUT2D eigenvalue weighted by Crippen LogP contribution is -2.35. The van der Waals surface area contributed by atoms with Gasteiger partial charge in [-0.3, -0.25) is 0 Å². The van der Waals surface area contributed by atoms with Gasteiger partial charge in [-0.15, -0.1) is 0 Å². The Morgan fingerprint density at radius 3 is 2.81 bits per heavy atom. The molecular weight excluding hydrogens is 286 g/mol. The van der Waals surface area contributed by atoms with Crippen LogP contribution in [0.1, 0.15) is 16.8 Å². The Bertz CT molecular complexity index is 757. The molecule has 1 aliphatic heterocycles. The van der Waals surface area contributed by atoms with Crippen LogP contribution in [-0.2, 0) is 23.0 Å². The fraction of sp³-hybridized carbons (Fsp3) is 0.200. The van der Waals surface area contributed by atoms with E-state index in [1.807, 2.05) is 30.3 Å². The van der Waals surface area contributed by atoms with E-state index >= 15 is 0 Å². The van der Waals surface area contributed by atoms with Crippen molar-refractivity contribution in [3.8, 4) is 0 Å². The van der Waals surface area contributed by atoms with Crippen LogP contribution >= 0.6 is 0 Å². The number of hydrogen-bond acceptors (Lipinski definition) is 4. The smallest absolute Gasteiger partial charge is 0.236 e. The second-order valence-corrected chi connectivity index (χ2v) is 6.66. The summed E-state index contributed by atoms with van der Waals surface area (Å²) >= 11 is 0. The van der Waals surface area contributed by atoms with Gasteiger partial charge in [0.15, 0.2) is 0 Å². The molecule has 0 fully saturated rings. The molecule has 108 valence electrons. The predicted octanol–water partition coefficient (Wildman–Crippen LogP) is 1.84. The van der Waals surface area contributed by atoms with E-state index in [0.717, 1.165) is 16.8 Å². The molecule has 0 saturated carbocycles. The number of benzene rings is 1. The molecule has 1 aromatic carbocycles. The van der Waals surface area contributed by atoms with Crippen LogP contribution in [0, 0.1) is 0 Å². The summed E-state index contributed by atoms with van der Waals surface area (Å²) in [4.78, 5) is 8.14. The van der Waals surface area contributed by atoms with Gasteiger partial charge in [0.1, 0.15) is 6.33 Å². The van der Waals surface area contributed by atoms with Crippen molar-refractivity contribution in [2.75, 3.05) is 6.54 Å². The van der Waals surface area contributed by atoms with Crippen molar-refractivity contribution < 1.29 is 8.42 Å². The van der Waals surface area contributed by atoms with Gasteiger partial charge in [-0.2, -0.15) is 4.31 Å². The molecular formula is C15H15N3O2S. The van der Waals surface area contributed by atoms with E-state index in [9.17, 15) is 8.42 Å². The molecule has 0 aliphatic carbocycles. The summed E-state index contributed by atoms with van der Waals surface area (Å²) in [7, 11) is -3.43. The summed E-state index contributed by atoms with van der Waals surface area (Å²) in [5, 5.41) is 1.26. The first-order chi connectivity index (χ1) is 10.1. The van der Waals surface area contributed by atoms with Gasteiger partial charge in [0.2, 0.25) is 10.0 Å². The Hall–Kier alpha value is -2.05. The summed E-state index contributed by atoms with van der Waals surface area (Å²) < 4.78 is 26.2. The topological polar surface area (TPSA) is 63.2 Å². The average molecular weight is 301 g/mol. The second-order valence-electron chi connectivity index (χ2n) is 4.84. The maximum Gasteiger partial charge on any atom is 0.236 e. The molecule has 0 unspecified atom stereocenters. The first-order valence-electron chi connectivity index (χ1n) is 6.66. The Morgan fingerprint density at radius 2 is 2.00 bits per heavy atom. The van der Waals surface area contributed by atoms with E-state index in [-0.39, 0.29) is 0 Å². The van der Waals surface area contributed by atoms with Gasteiger partial charge in [-0.25, -0.2) is 18.4 Å². The van der Waals surface area contributed by atoms with E-state index < -0.39 is 10.0 Å². The molecule has 3 rings (SSSR count). The third-order valence-electron chi connectivity index (χ3n) is 3.42. The molecule has 0 amide bonds. The number of aromatic nitrogens is 2. The van der Waals surface area contributed by atoms with Crippen molar-refractivity contribution in [2.24, 2.45) is 0 Å². The number of sulfonamides is 1. The van der Waals surface area contributed by atoms with Crippen molar-refractivity contribution in [3.05, 3.63) is 65.1 Å². The molecule has 2 heterocycles. The summed E-state index contributed by atoms with van der Waals surface area (Å²) in [6.45, 7) is 0.781. The van der Waals surface area contributed by atoms with Crippen molar-refractivity contribution >= 4 is 16.1 Å². The standard InChI is InChI=1S/C15H15N3O2S/c19-21(20,9-7-13-4-2-1-3-5-13)18-8-6-15-14(11-18)10-16-12-17-15/h1-5,7,9-10,12H,6,8,11H2. The Labute approximate surface area is 124 Å². The molecule has 1 aromatic heterocycles. The second kappa shape index (κ2) is 5.75. The highest BCUT2D eigenvalue weighted by Gasteiger charge is 2.25. The van der Waals surface area contributed by atoms with Crippen LogP contribution in [0.4, 0.5) is 0 Å². The molecule has 0 saturated heterocycles. The molecule has 0 N–H and O–H groups in total. The van der Waals surface area contributed by atoms with Gasteiger partial charge in [-0.05, 0) is 11.6 Å². The van der Waals surface area contributed by atoms with Gasteiger partial charge >= 0.3 is 0 Å². The minimum absolute atomic E-state index is 0.331. The van der Waals surface area contributed by atoms with Crippen LogP contribution in [0.2, 0.25) is 0 Å². The molecule has 0 spiro atoms. The number of fused-ring (bicyclic) bond motifs is 1. The zero-order valence-electron chi connectivity index (χ0n) is 11.4. The maximum absolute atomic E-state index is 12.4. The van der Waals surface area contributed by atoms with Crippen LogP contribution in [0.15, 0.2) is 48.3 Å². The fourth-order valence-corrected chi connectivity index (χ4v) is 3.44. The van der Waals surface area contributed by atoms with Crippen LogP contribution in [0.25, 0.3) is 6.08 Å². The predicted molar refractivity (Wildman–Crippen MR) is 80.5 cm³/mol. The van der Waals surface area contributed by atoms with Crippen molar-refractivity contribution in [1.82, 2.24) is 14.3 Å². The fourth-order valence-electron chi connectivity index (χ4n) is 2.27. The van der Waals surface area contributed by atoms with Crippen LogP contribution in [0.3, 0.4) is 0 Å². The monoisotopic (exact) mass is 301 g/mol. The number of nitrogens with zero attached hydrogens (tertiary/aromatic N) is 3. The highest BCUT2D eigenvalue weighted by atomic mass is 32.2. The molecule has 6 heteroatoms. The molecule has 0 bridgehead atoms. The maximum atomic E-state index is 12.4. The molecule has 21 heavy (non-hydrogen) atoms. The number of hydrogen-bond donors (Lipinski definition) is 0. The number of rotatable bonds is 3. The van der Waals surface area contributed by atoms with Gasteiger partial charge in [-0.1, -0.05) is 30.3 Å². The van der Waals surface area contributed by atoms with Gasteiger partial charge in [0, 0.05) is 42.4 Å². The summed E-state index contributed by atoms with van der Waals surface area (Å²) in [6, 6.07) is 9.38. The Kier molecular flexibility index (Phi) is 3.81. The first-order valence-corrected chi connectivity index (χ1v) is 8.16. The minimum Gasteiger partial charge on any atom is -0.244 e. The highest BCUT2D eigenvalue weighted by molar-refractivity contribution is 7.92. The minimum atomic E-state index is -3.43. The summed E-state index contributed by atoms with van der Waals surface area (Å²) in [5.74, 6) is 0. The van der Waals surface area contributed by atoms with Crippen LogP contribution in [-0.4, -0.2) is 29.2 Å². The quantitative estimate of drug-likeness (QED) is 0.867. The average Bonchev–Trinajstić information content (AvgIpc) is 2.53. The van der Waals surface area contributed by atoms with Gasteiger partial charge in [0.25, 0.3) is 0 Å². The molecule has 5 nitrogen and oxygen atoms in total. The largest absolute Gasteiger partial charge is 0.244 e. The Morgan fingerprint density at radius 1 is 1.19 bits per heavy atom. The van der Waals surface area contributed by atoms with Crippen LogP contribution < -0.4 is 0 Å². The SMILES string of the molecule is O=S(=O)(C=Cc1ccccc1)N1CCc2ncncc2C1. The van der Waals surface area contributed by atoms with Crippen LogP contribution in [0.5, 0.6) is 0 Å². The van der Waals surface area contributed by atoms with Crippen molar-refractivity contribution in [3.63, 3.8) is 0 Å². The molecule has 1 aliphatic rings. The molecule has 2 aromatic rings. The van der Waals surface area contributed by atoms with Gasteiger partial charge < -0.3 is 0 Å². The zero-order chi connectivity index (χ0) is 14.7. The normalized spacial score (nSPS) is 16.0. The first kappa shape index (κ1) is 13.9. The summed E-state index contributed by atoms with van der Waals surface area (Å²) in [6.07, 6.45) is 5.42. The third-order valence-corrected chi connectivity index (χ3v) is 4.93. The highest BCUT2D eigenvalue weighted by Crippen LogP contribution is 2.19. The summed E-state index contributed by atoms with van der Waals surface area (Å²) in [5.41, 5.74) is 2.67. The van der Waals surface area contributed by atoms with E-state index in [2.05, 4.69) is 9.97 Å². The van der Waals surface area contributed by atoms with Crippen molar-refractivity contribution in [1.29, 1.82) is 0 Å². The van der Waals surface area contributed by atoms with Gasteiger partial charge in [0.05, 0.1) is 0 Å². The lowest BCUT2D eigenvalue weighted by atomic mass is 10.1. The zero-order valence-corrected chi connectivity index (χ0v) is 12.2.